The zero-order valence-corrected chi connectivity index (χ0v) is 12.5. The monoisotopic (exact) mass is 328 g/mol. The number of aromatic nitrogens is 1. The number of aliphatic carboxylic acids is 1. The van der Waals surface area contributed by atoms with E-state index in [-0.39, 0.29) is 11.3 Å². The molecule has 0 aliphatic heterocycles. The molecule has 2 aromatic carbocycles. The lowest BCUT2D eigenvalue weighted by molar-refractivity contribution is -0.137. The molecule has 1 aromatic heterocycles. The lowest BCUT2D eigenvalue weighted by atomic mass is 10.0. The van der Waals surface area contributed by atoms with Gasteiger partial charge in [-0.2, -0.15) is 5.26 Å². The Hall–Kier alpha value is -2.84. The van der Waals surface area contributed by atoms with Crippen LogP contribution in [0.2, 0.25) is 5.02 Å². The predicted molar refractivity (Wildman–Crippen MR) is 84.7 cm³/mol. The fourth-order valence-corrected chi connectivity index (χ4v) is 2.85. The molecule has 0 aliphatic rings. The molecule has 3 aromatic rings. The summed E-state index contributed by atoms with van der Waals surface area (Å²) in [5, 5.41) is 19.6. The molecule has 0 amide bonds. The van der Waals surface area contributed by atoms with Crippen LogP contribution >= 0.6 is 11.6 Å². The van der Waals surface area contributed by atoms with Gasteiger partial charge in [-0.3, -0.25) is 4.79 Å². The number of rotatable bonds is 3. The summed E-state index contributed by atoms with van der Waals surface area (Å²) in [5.41, 5.74) is 1.20. The van der Waals surface area contributed by atoms with E-state index in [1.54, 1.807) is 36.4 Å². The normalized spacial score (nSPS) is 10.7. The molecule has 0 saturated heterocycles. The second kappa shape index (κ2) is 5.75. The Bertz CT molecular complexity index is 973. The highest BCUT2D eigenvalue weighted by molar-refractivity contribution is 6.31. The summed E-state index contributed by atoms with van der Waals surface area (Å²) in [6, 6.07) is 12.9. The molecular formula is C17H10ClFN2O2. The van der Waals surface area contributed by atoms with E-state index in [1.165, 1.54) is 10.6 Å². The molecular weight excluding hydrogens is 319 g/mol. The number of carboxylic acid groups (broad SMARTS) is 1. The van der Waals surface area contributed by atoms with Crippen LogP contribution in [0.15, 0.2) is 42.5 Å². The largest absolute Gasteiger partial charge is 0.480 e. The minimum atomic E-state index is -1.09. The van der Waals surface area contributed by atoms with E-state index in [4.69, 9.17) is 16.7 Å². The summed E-state index contributed by atoms with van der Waals surface area (Å²) in [7, 11) is 0. The Balaban J connectivity index is 2.45. The fraction of sp³-hybridized carbons (Fsp3) is 0.0588. The minimum absolute atomic E-state index is 0.0924. The highest BCUT2D eigenvalue weighted by Gasteiger charge is 2.22. The van der Waals surface area contributed by atoms with E-state index in [0.717, 1.165) is 0 Å². The average molecular weight is 329 g/mol. The molecule has 23 heavy (non-hydrogen) atoms. The first-order valence-corrected chi connectivity index (χ1v) is 7.09. The van der Waals surface area contributed by atoms with Gasteiger partial charge in [0, 0.05) is 21.5 Å². The Labute approximate surface area is 136 Å². The zero-order valence-electron chi connectivity index (χ0n) is 11.8. The number of carboxylic acids is 1. The van der Waals surface area contributed by atoms with Gasteiger partial charge in [-0.1, -0.05) is 29.8 Å². The lowest BCUT2D eigenvalue weighted by Crippen LogP contribution is -2.10. The molecule has 0 bridgehead atoms. The number of carbonyl (C=O) groups is 1. The van der Waals surface area contributed by atoms with Crippen LogP contribution in [0.3, 0.4) is 0 Å². The molecule has 4 nitrogen and oxygen atoms in total. The van der Waals surface area contributed by atoms with Crippen molar-refractivity contribution in [3.63, 3.8) is 0 Å². The van der Waals surface area contributed by atoms with E-state index in [1.807, 2.05) is 6.07 Å². The van der Waals surface area contributed by atoms with Crippen LogP contribution in [0, 0.1) is 17.1 Å². The van der Waals surface area contributed by atoms with E-state index < -0.39 is 18.3 Å². The Morgan fingerprint density at radius 1 is 1.30 bits per heavy atom. The third-order valence-electron chi connectivity index (χ3n) is 3.57. The summed E-state index contributed by atoms with van der Waals surface area (Å²) >= 11 is 6.03. The number of hydrogen-bond donors (Lipinski definition) is 1. The molecule has 0 radical (unpaired) electrons. The van der Waals surface area contributed by atoms with Crippen LogP contribution in [-0.2, 0) is 11.3 Å². The quantitative estimate of drug-likeness (QED) is 0.788. The van der Waals surface area contributed by atoms with Gasteiger partial charge >= 0.3 is 5.97 Å². The molecule has 0 aliphatic carbocycles. The summed E-state index contributed by atoms with van der Waals surface area (Å²) in [6.45, 7) is -0.393. The Kier molecular flexibility index (Phi) is 3.77. The summed E-state index contributed by atoms with van der Waals surface area (Å²) in [6.07, 6.45) is 0. The first-order valence-electron chi connectivity index (χ1n) is 6.71. The van der Waals surface area contributed by atoms with Crippen molar-refractivity contribution in [1.82, 2.24) is 4.57 Å². The van der Waals surface area contributed by atoms with Gasteiger partial charge in [-0.15, -0.1) is 0 Å². The zero-order chi connectivity index (χ0) is 16.6. The molecule has 0 fully saturated rings. The average Bonchev–Trinajstić information content (AvgIpc) is 2.80. The van der Waals surface area contributed by atoms with Gasteiger partial charge < -0.3 is 9.67 Å². The fourth-order valence-electron chi connectivity index (χ4n) is 2.68. The predicted octanol–water partition coefficient (Wildman–Crippen LogP) is 4.06. The van der Waals surface area contributed by atoms with Crippen LogP contribution in [0.4, 0.5) is 4.39 Å². The molecule has 3 rings (SSSR count). The highest BCUT2D eigenvalue weighted by Crippen LogP contribution is 2.37. The van der Waals surface area contributed by atoms with Crippen molar-refractivity contribution in [3.05, 3.63) is 59.0 Å². The van der Waals surface area contributed by atoms with Gasteiger partial charge in [0.25, 0.3) is 0 Å². The maximum absolute atomic E-state index is 14.2. The standard InChI is InChI=1S/C17H10ClFN2O2/c18-10-5-6-14-12(7-10)17(11-3-1-2-4-13(11)19)15(8-20)21(14)9-16(22)23/h1-7H,9H2,(H,22,23). The van der Waals surface area contributed by atoms with Gasteiger partial charge in [-0.25, -0.2) is 4.39 Å². The van der Waals surface area contributed by atoms with E-state index in [9.17, 15) is 14.4 Å². The van der Waals surface area contributed by atoms with Crippen LogP contribution < -0.4 is 0 Å². The van der Waals surface area contributed by atoms with Gasteiger partial charge in [0.05, 0.1) is 5.52 Å². The number of benzene rings is 2. The lowest BCUT2D eigenvalue weighted by Gasteiger charge is -2.04. The van der Waals surface area contributed by atoms with Crippen LogP contribution in [0.25, 0.3) is 22.0 Å². The number of nitrogens with zero attached hydrogens (tertiary/aromatic N) is 2. The third-order valence-corrected chi connectivity index (χ3v) is 3.80. The van der Waals surface area contributed by atoms with Crippen molar-refractivity contribution in [3.8, 4) is 17.2 Å². The topological polar surface area (TPSA) is 66.0 Å². The van der Waals surface area contributed by atoms with Crippen molar-refractivity contribution < 1.29 is 14.3 Å². The Morgan fingerprint density at radius 2 is 2.04 bits per heavy atom. The SMILES string of the molecule is N#Cc1c(-c2ccccc2F)c2cc(Cl)ccc2n1CC(=O)O. The van der Waals surface area contributed by atoms with E-state index in [0.29, 0.717) is 21.5 Å². The molecule has 1 N–H and O–H groups in total. The molecule has 114 valence electrons. The first-order chi connectivity index (χ1) is 11.0. The van der Waals surface area contributed by atoms with Gasteiger partial charge in [0.1, 0.15) is 24.1 Å². The van der Waals surface area contributed by atoms with Gasteiger partial charge in [0.15, 0.2) is 0 Å². The van der Waals surface area contributed by atoms with Gasteiger partial charge in [0.2, 0.25) is 0 Å². The summed E-state index contributed by atoms with van der Waals surface area (Å²) < 4.78 is 15.6. The van der Waals surface area contributed by atoms with Crippen LogP contribution in [0.1, 0.15) is 5.69 Å². The van der Waals surface area contributed by atoms with Crippen molar-refractivity contribution >= 4 is 28.5 Å². The molecule has 0 spiro atoms. The van der Waals surface area contributed by atoms with Crippen molar-refractivity contribution in [1.29, 1.82) is 5.26 Å². The van der Waals surface area contributed by atoms with Crippen molar-refractivity contribution in [2.45, 2.75) is 6.54 Å². The number of halogens is 2. The molecule has 1 heterocycles. The third kappa shape index (κ3) is 2.54. The van der Waals surface area contributed by atoms with E-state index >= 15 is 0 Å². The molecule has 0 saturated carbocycles. The second-order valence-corrected chi connectivity index (χ2v) is 5.39. The Morgan fingerprint density at radius 3 is 2.70 bits per heavy atom. The summed E-state index contributed by atoms with van der Waals surface area (Å²) in [5.74, 6) is -1.58. The summed E-state index contributed by atoms with van der Waals surface area (Å²) in [4.78, 5) is 11.1. The molecule has 0 unspecified atom stereocenters. The maximum atomic E-state index is 14.2. The number of hydrogen-bond acceptors (Lipinski definition) is 2. The van der Waals surface area contributed by atoms with E-state index in [2.05, 4.69) is 0 Å². The van der Waals surface area contributed by atoms with Crippen LogP contribution in [-0.4, -0.2) is 15.6 Å². The highest BCUT2D eigenvalue weighted by atomic mass is 35.5. The maximum Gasteiger partial charge on any atom is 0.323 e. The smallest absolute Gasteiger partial charge is 0.323 e. The molecule has 0 atom stereocenters. The number of nitriles is 1. The number of fused-ring (bicyclic) bond motifs is 1. The molecule has 6 heteroatoms. The van der Waals surface area contributed by atoms with Crippen LogP contribution in [0.5, 0.6) is 0 Å². The minimum Gasteiger partial charge on any atom is -0.480 e. The van der Waals surface area contributed by atoms with Gasteiger partial charge in [-0.05, 0) is 24.3 Å². The van der Waals surface area contributed by atoms with Crippen molar-refractivity contribution in [2.75, 3.05) is 0 Å². The van der Waals surface area contributed by atoms with Crippen molar-refractivity contribution in [2.24, 2.45) is 0 Å². The second-order valence-electron chi connectivity index (χ2n) is 4.96. The first kappa shape index (κ1) is 15.1.